The molecule has 0 bridgehead atoms. The number of rotatable bonds is 3. The highest BCUT2D eigenvalue weighted by atomic mass is 16.3. The zero-order chi connectivity index (χ0) is 9.90. The van der Waals surface area contributed by atoms with Gasteiger partial charge in [0, 0.05) is 12.7 Å². The molecule has 0 aliphatic heterocycles. The summed E-state index contributed by atoms with van der Waals surface area (Å²) in [6.45, 7) is 3.99. The molecule has 0 aromatic carbocycles. The summed E-state index contributed by atoms with van der Waals surface area (Å²) in [4.78, 5) is 4.12. The molecule has 0 saturated carbocycles. The standard InChI is InChI=1S/C9H15N3O/c1-9(2,13)8-4-3-7(5-11-8)6-12-10/h3-5,12-13H,6,10H2,1-2H3. The van der Waals surface area contributed by atoms with E-state index in [1.165, 1.54) is 0 Å². The van der Waals surface area contributed by atoms with E-state index in [0.717, 1.165) is 5.56 Å². The maximum atomic E-state index is 9.61. The molecule has 1 aromatic heterocycles. The van der Waals surface area contributed by atoms with Crippen LogP contribution in [0.15, 0.2) is 18.3 Å². The lowest BCUT2D eigenvalue weighted by atomic mass is 10.0. The van der Waals surface area contributed by atoms with Crippen LogP contribution in [-0.2, 0) is 12.1 Å². The fourth-order valence-corrected chi connectivity index (χ4v) is 1.01. The molecule has 0 amide bonds. The zero-order valence-corrected chi connectivity index (χ0v) is 7.91. The Morgan fingerprint density at radius 2 is 2.23 bits per heavy atom. The molecule has 1 aromatic rings. The summed E-state index contributed by atoms with van der Waals surface area (Å²) in [7, 11) is 0. The molecule has 4 heteroatoms. The fourth-order valence-electron chi connectivity index (χ4n) is 1.01. The van der Waals surface area contributed by atoms with Crippen LogP contribution in [0.2, 0.25) is 0 Å². The van der Waals surface area contributed by atoms with E-state index in [0.29, 0.717) is 12.2 Å². The Kier molecular flexibility index (Phi) is 2.98. The second kappa shape index (κ2) is 3.83. The summed E-state index contributed by atoms with van der Waals surface area (Å²) in [6, 6.07) is 3.69. The van der Waals surface area contributed by atoms with Crippen LogP contribution in [0, 0.1) is 0 Å². The van der Waals surface area contributed by atoms with Crippen molar-refractivity contribution in [2.24, 2.45) is 5.84 Å². The molecule has 4 N–H and O–H groups in total. The van der Waals surface area contributed by atoms with E-state index in [1.807, 2.05) is 6.07 Å². The summed E-state index contributed by atoms with van der Waals surface area (Å²) >= 11 is 0. The van der Waals surface area contributed by atoms with Crippen LogP contribution in [0.25, 0.3) is 0 Å². The molecule has 4 nitrogen and oxygen atoms in total. The Labute approximate surface area is 77.8 Å². The maximum absolute atomic E-state index is 9.61. The Bertz CT molecular complexity index is 263. The number of nitrogens with one attached hydrogen (secondary N) is 1. The highest BCUT2D eigenvalue weighted by molar-refractivity contribution is 5.17. The number of nitrogens with zero attached hydrogens (tertiary/aromatic N) is 1. The van der Waals surface area contributed by atoms with E-state index < -0.39 is 5.60 Å². The molecule has 0 saturated heterocycles. The molecular weight excluding hydrogens is 166 g/mol. The fraction of sp³-hybridized carbons (Fsp3) is 0.444. The number of pyridine rings is 1. The van der Waals surface area contributed by atoms with Crippen molar-refractivity contribution >= 4 is 0 Å². The number of aliphatic hydroxyl groups is 1. The minimum atomic E-state index is -0.880. The van der Waals surface area contributed by atoms with E-state index in [9.17, 15) is 5.11 Å². The first-order valence-electron chi connectivity index (χ1n) is 4.15. The van der Waals surface area contributed by atoms with Crippen molar-refractivity contribution in [3.8, 4) is 0 Å². The minimum absolute atomic E-state index is 0.582. The summed E-state index contributed by atoms with van der Waals surface area (Å²) in [5.41, 5.74) is 3.32. The molecule has 0 unspecified atom stereocenters. The van der Waals surface area contributed by atoms with Gasteiger partial charge in [-0.25, -0.2) is 0 Å². The summed E-state index contributed by atoms with van der Waals surface area (Å²) in [5, 5.41) is 9.61. The van der Waals surface area contributed by atoms with Crippen LogP contribution in [-0.4, -0.2) is 10.1 Å². The summed E-state index contributed by atoms with van der Waals surface area (Å²) in [5.74, 6) is 5.16. The van der Waals surface area contributed by atoms with Gasteiger partial charge < -0.3 is 5.11 Å². The van der Waals surface area contributed by atoms with Crippen LogP contribution in [0.5, 0.6) is 0 Å². The third kappa shape index (κ3) is 2.77. The van der Waals surface area contributed by atoms with E-state index in [4.69, 9.17) is 5.84 Å². The van der Waals surface area contributed by atoms with Gasteiger partial charge in [0.25, 0.3) is 0 Å². The Morgan fingerprint density at radius 3 is 2.62 bits per heavy atom. The highest BCUT2D eigenvalue weighted by Crippen LogP contribution is 2.16. The third-order valence-electron chi connectivity index (χ3n) is 1.76. The number of nitrogens with two attached hydrogens (primary N) is 1. The van der Waals surface area contributed by atoms with E-state index in [-0.39, 0.29) is 0 Å². The highest BCUT2D eigenvalue weighted by Gasteiger charge is 2.16. The topological polar surface area (TPSA) is 71.2 Å². The lowest BCUT2D eigenvalue weighted by Gasteiger charge is -2.16. The summed E-state index contributed by atoms with van der Waals surface area (Å²) in [6.07, 6.45) is 1.70. The molecule has 0 aliphatic rings. The first-order chi connectivity index (χ1) is 6.04. The molecule has 0 aliphatic carbocycles. The Hall–Kier alpha value is -0.970. The molecule has 1 rings (SSSR count). The second-order valence-corrected chi connectivity index (χ2v) is 3.49. The van der Waals surface area contributed by atoms with Gasteiger partial charge in [0.05, 0.1) is 5.69 Å². The number of hydrogen-bond acceptors (Lipinski definition) is 4. The minimum Gasteiger partial charge on any atom is -0.384 e. The van der Waals surface area contributed by atoms with E-state index >= 15 is 0 Å². The number of aromatic nitrogens is 1. The SMILES string of the molecule is CC(C)(O)c1ccc(CNN)cn1. The second-order valence-electron chi connectivity index (χ2n) is 3.49. The van der Waals surface area contributed by atoms with Gasteiger partial charge >= 0.3 is 0 Å². The molecule has 0 spiro atoms. The van der Waals surface area contributed by atoms with Gasteiger partial charge in [0.15, 0.2) is 0 Å². The van der Waals surface area contributed by atoms with Crippen molar-refractivity contribution < 1.29 is 5.11 Å². The molecule has 0 atom stereocenters. The predicted molar refractivity (Wildman–Crippen MR) is 50.5 cm³/mol. The van der Waals surface area contributed by atoms with Crippen molar-refractivity contribution in [2.45, 2.75) is 26.0 Å². The van der Waals surface area contributed by atoms with Gasteiger partial charge in [-0.3, -0.25) is 16.3 Å². The average Bonchev–Trinajstić information content (AvgIpc) is 2.04. The maximum Gasteiger partial charge on any atom is 0.101 e. The van der Waals surface area contributed by atoms with Crippen molar-refractivity contribution in [2.75, 3.05) is 0 Å². The van der Waals surface area contributed by atoms with Crippen molar-refractivity contribution in [1.29, 1.82) is 0 Å². The van der Waals surface area contributed by atoms with Gasteiger partial charge in [0.2, 0.25) is 0 Å². The van der Waals surface area contributed by atoms with Gasteiger partial charge in [-0.05, 0) is 25.5 Å². The van der Waals surface area contributed by atoms with Gasteiger partial charge in [-0.1, -0.05) is 6.07 Å². The van der Waals surface area contributed by atoms with Crippen molar-refractivity contribution in [1.82, 2.24) is 10.4 Å². The van der Waals surface area contributed by atoms with Crippen LogP contribution in [0.4, 0.5) is 0 Å². The Morgan fingerprint density at radius 1 is 1.54 bits per heavy atom. The Balaban J connectivity index is 2.81. The predicted octanol–water partition coefficient (Wildman–Crippen LogP) is 0.272. The summed E-state index contributed by atoms with van der Waals surface area (Å²) < 4.78 is 0. The van der Waals surface area contributed by atoms with Crippen LogP contribution >= 0.6 is 0 Å². The first-order valence-corrected chi connectivity index (χ1v) is 4.15. The average molecular weight is 181 g/mol. The zero-order valence-electron chi connectivity index (χ0n) is 7.91. The normalized spacial score (nSPS) is 11.7. The van der Waals surface area contributed by atoms with Crippen LogP contribution < -0.4 is 11.3 Å². The van der Waals surface area contributed by atoms with E-state index in [1.54, 1.807) is 26.1 Å². The van der Waals surface area contributed by atoms with Crippen LogP contribution in [0.3, 0.4) is 0 Å². The molecule has 1 heterocycles. The van der Waals surface area contributed by atoms with Gasteiger partial charge in [0.1, 0.15) is 5.60 Å². The van der Waals surface area contributed by atoms with Gasteiger partial charge in [-0.2, -0.15) is 0 Å². The van der Waals surface area contributed by atoms with E-state index in [2.05, 4.69) is 10.4 Å². The van der Waals surface area contributed by atoms with Crippen molar-refractivity contribution in [3.63, 3.8) is 0 Å². The molecule has 0 radical (unpaired) electrons. The molecule has 72 valence electrons. The van der Waals surface area contributed by atoms with Gasteiger partial charge in [-0.15, -0.1) is 0 Å². The lowest BCUT2D eigenvalue weighted by Crippen LogP contribution is -2.21. The van der Waals surface area contributed by atoms with Crippen LogP contribution in [0.1, 0.15) is 25.1 Å². The van der Waals surface area contributed by atoms with Crippen molar-refractivity contribution in [3.05, 3.63) is 29.6 Å². The first kappa shape index (κ1) is 10.1. The number of hydrogen-bond donors (Lipinski definition) is 3. The monoisotopic (exact) mass is 181 g/mol. The molecule has 13 heavy (non-hydrogen) atoms. The smallest absolute Gasteiger partial charge is 0.101 e. The molecular formula is C9H15N3O. The lowest BCUT2D eigenvalue weighted by molar-refractivity contribution is 0.0738. The third-order valence-corrected chi connectivity index (χ3v) is 1.76. The quantitative estimate of drug-likeness (QED) is 0.462. The molecule has 0 fully saturated rings. The number of hydrazine groups is 1. The largest absolute Gasteiger partial charge is 0.384 e.